The number of benzene rings is 1. The Labute approximate surface area is 152 Å². The lowest BCUT2D eigenvalue weighted by atomic mass is 10.0. The summed E-state index contributed by atoms with van der Waals surface area (Å²) in [5, 5.41) is 6.36. The van der Waals surface area contributed by atoms with Gasteiger partial charge in [-0.25, -0.2) is 0 Å². The number of ether oxygens (including phenoxy) is 1. The Morgan fingerprint density at radius 3 is 2.79 bits per heavy atom. The highest BCUT2D eigenvalue weighted by Crippen LogP contribution is 2.14. The summed E-state index contributed by atoms with van der Waals surface area (Å²) in [5.41, 5.74) is 1.23. The molecule has 1 saturated heterocycles. The average molecular weight is 355 g/mol. The maximum atomic E-state index is 11.8. The van der Waals surface area contributed by atoms with Gasteiger partial charge in [-0.2, -0.15) is 0 Å². The van der Waals surface area contributed by atoms with Gasteiger partial charge in [0.25, 0.3) is 0 Å². The Kier molecular flexibility index (Phi) is 10.5. The fraction of sp³-hybridized carbons (Fsp3) is 0.632. The summed E-state index contributed by atoms with van der Waals surface area (Å²) in [6, 6.07) is 8.19. The molecule has 1 fully saturated rings. The third-order valence-electron chi connectivity index (χ3n) is 4.37. The van der Waals surface area contributed by atoms with Crippen molar-refractivity contribution in [3.05, 3.63) is 29.8 Å². The fourth-order valence-electron chi connectivity index (χ4n) is 2.82. The third kappa shape index (κ3) is 8.02. The van der Waals surface area contributed by atoms with Gasteiger partial charge in [-0.15, -0.1) is 12.4 Å². The van der Waals surface area contributed by atoms with Crippen LogP contribution in [0.15, 0.2) is 24.3 Å². The Morgan fingerprint density at radius 1 is 1.33 bits per heavy atom. The van der Waals surface area contributed by atoms with Crippen molar-refractivity contribution in [1.82, 2.24) is 10.6 Å². The summed E-state index contributed by atoms with van der Waals surface area (Å²) in [6.07, 6.45) is 5.96. The SMILES string of the molecule is CCCCOc1ccc(CCNC(=O)CCC2CCNC2)cc1.Cl. The van der Waals surface area contributed by atoms with Crippen molar-refractivity contribution in [3.8, 4) is 5.75 Å². The predicted octanol–water partition coefficient (Wildman–Crippen LogP) is 3.34. The molecule has 0 aliphatic carbocycles. The molecule has 1 amide bonds. The molecule has 1 heterocycles. The minimum Gasteiger partial charge on any atom is -0.494 e. The molecule has 5 heteroatoms. The predicted molar refractivity (Wildman–Crippen MR) is 101 cm³/mol. The van der Waals surface area contributed by atoms with Crippen LogP contribution in [-0.4, -0.2) is 32.1 Å². The van der Waals surface area contributed by atoms with Crippen molar-refractivity contribution in [2.24, 2.45) is 5.92 Å². The number of unbranched alkanes of at least 4 members (excludes halogenated alkanes) is 1. The molecule has 1 aliphatic heterocycles. The first-order valence-electron chi connectivity index (χ1n) is 8.97. The lowest BCUT2D eigenvalue weighted by molar-refractivity contribution is -0.121. The van der Waals surface area contributed by atoms with Crippen LogP contribution in [0, 0.1) is 5.92 Å². The van der Waals surface area contributed by atoms with Gasteiger partial charge in [0, 0.05) is 13.0 Å². The summed E-state index contributed by atoms with van der Waals surface area (Å²) >= 11 is 0. The normalized spacial score (nSPS) is 16.5. The average Bonchev–Trinajstić information content (AvgIpc) is 3.08. The van der Waals surface area contributed by atoms with E-state index in [0.717, 1.165) is 51.1 Å². The standard InChI is InChI=1S/C19H30N2O2.ClH/c1-2-3-14-23-18-7-4-16(5-8-18)11-13-21-19(22)9-6-17-10-12-20-15-17;/h4-5,7-8,17,20H,2-3,6,9-15H2,1H3,(H,21,22);1H. The molecule has 136 valence electrons. The van der Waals surface area contributed by atoms with Crippen molar-refractivity contribution in [3.63, 3.8) is 0 Å². The van der Waals surface area contributed by atoms with E-state index in [4.69, 9.17) is 4.74 Å². The molecule has 0 bridgehead atoms. The molecule has 1 atom stereocenters. The van der Waals surface area contributed by atoms with Gasteiger partial charge in [-0.05, 0) is 62.4 Å². The van der Waals surface area contributed by atoms with Gasteiger partial charge in [0.15, 0.2) is 0 Å². The molecule has 0 spiro atoms. The van der Waals surface area contributed by atoms with Crippen LogP contribution in [0.2, 0.25) is 0 Å². The maximum Gasteiger partial charge on any atom is 0.220 e. The third-order valence-corrected chi connectivity index (χ3v) is 4.37. The molecule has 0 saturated carbocycles. The second-order valence-electron chi connectivity index (χ2n) is 6.34. The Balaban J connectivity index is 0.00000288. The van der Waals surface area contributed by atoms with Crippen LogP contribution < -0.4 is 15.4 Å². The van der Waals surface area contributed by atoms with Crippen LogP contribution in [0.1, 0.15) is 44.6 Å². The molecule has 4 nitrogen and oxygen atoms in total. The molecule has 24 heavy (non-hydrogen) atoms. The largest absolute Gasteiger partial charge is 0.494 e. The smallest absolute Gasteiger partial charge is 0.220 e. The molecular formula is C19H31ClN2O2. The number of carbonyl (C=O) groups excluding carboxylic acids is 1. The highest BCUT2D eigenvalue weighted by atomic mass is 35.5. The van der Waals surface area contributed by atoms with Crippen molar-refractivity contribution >= 4 is 18.3 Å². The number of nitrogens with one attached hydrogen (secondary N) is 2. The zero-order valence-electron chi connectivity index (χ0n) is 14.7. The quantitative estimate of drug-likeness (QED) is 0.633. The Hall–Kier alpha value is -1.26. The van der Waals surface area contributed by atoms with E-state index >= 15 is 0 Å². The number of hydrogen-bond donors (Lipinski definition) is 2. The minimum atomic E-state index is 0. The van der Waals surface area contributed by atoms with Crippen LogP contribution in [0.3, 0.4) is 0 Å². The fourth-order valence-corrected chi connectivity index (χ4v) is 2.82. The molecule has 0 radical (unpaired) electrons. The number of halogens is 1. The van der Waals surface area contributed by atoms with Gasteiger partial charge in [0.1, 0.15) is 5.75 Å². The van der Waals surface area contributed by atoms with Crippen LogP contribution >= 0.6 is 12.4 Å². The zero-order valence-corrected chi connectivity index (χ0v) is 15.5. The second kappa shape index (κ2) is 12.2. The number of carbonyl (C=O) groups is 1. The number of amides is 1. The summed E-state index contributed by atoms with van der Waals surface area (Å²) in [6.45, 7) is 5.82. The van der Waals surface area contributed by atoms with Crippen LogP contribution in [-0.2, 0) is 11.2 Å². The van der Waals surface area contributed by atoms with Crippen molar-refractivity contribution in [2.75, 3.05) is 26.2 Å². The molecule has 2 N–H and O–H groups in total. The lowest BCUT2D eigenvalue weighted by Gasteiger charge is -2.09. The van der Waals surface area contributed by atoms with E-state index in [2.05, 4.69) is 29.7 Å². The summed E-state index contributed by atoms with van der Waals surface area (Å²) < 4.78 is 5.65. The van der Waals surface area contributed by atoms with E-state index in [1.165, 1.54) is 12.0 Å². The molecule has 0 aromatic heterocycles. The van der Waals surface area contributed by atoms with E-state index in [1.807, 2.05) is 12.1 Å². The lowest BCUT2D eigenvalue weighted by Crippen LogP contribution is -2.26. The van der Waals surface area contributed by atoms with E-state index in [0.29, 0.717) is 18.9 Å². The topological polar surface area (TPSA) is 50.4 Å². The van der Waals surface area contributed by atoms with E-state index in [-0.39, 0.29) is 18.3 Å². The van der Waals surface area contributed by atoms with E-state index in [1.54, 1.807) is 0 Å². The zero-order chi connectivity index (χ0) is 16.3. The summed E-state index contributed by atoms with van der Waals surface area (Å²) in [7, 11) is 0. The minimum absolute atomic E-state index is 0. The van der Waals surface area contributed by atoms with Gasteiger partial charge in [-0.1, -0.05) is 25.5 Å². The van der Waals surface area contributed by atoms with Gasteiger partial charge < -0.3 is 15.4 Å². The summed E-state index contributed by atoms with van der Waals surface area (Å²) in [5.74, 6) is 1.79. The maximum absolute atomic E-state index is 11.8. The molecule has 1 unspecified atom stereocenters. The molecular weight excluding hydrogens is 324 g/mol. The highest BCUT2D eigenvalue weighted by molar-refractivity contribution is 5.85. The first-order valence-corrected chi connectivity index (χ1v) is 8.97. The van der Waals surface area contributed by atoms with Crippen LogP contribution in [0.4, 0.5) is 0 Å². The molecule has 1 aromatic rings. The molecule has 2 rings (SSSR count). The number of rotatable bonds is 10. The Bertz CT molecular complexity index is 459. The highest BCUT2D eigenvalue weighted by Gasteiger charge is 2.15. The van der Waals surface area contributed by atoms with Gasteiger partial charge in [-0.3, -0.25) is 4.79 Å². The molecule has 1 aliphatic rings. The van der Waals surface area contributed by atoms with E-state index in [9.17, 15) is 4.79 Å². The van der Waals surface area contributed by atoms with Crippen molar-refractivity contribution in [1.29, 1.82) is 0 Å². The van der Waals surface area contributed by atoms with Crippen molar-refractivity contribution < 1.29 is 9.53 Å². The first-order chi connectivity index (χ1) is 11.3. The first kappa shape index (κ1) is 20.8. The van der Waals surface area contributed by atoms with Crippen molar-refractivity contribution in [2.45, 2.75) is 45.4 Å². The Morgan fingerprint density at radius 2 is 2.12 bits per heavy atom. The van der Waals surface area contributed by atoms with Crippen LogP contribution in [0.25, 0.3) is 0 Å². The van der Waals surface area contributed by atoms with Gasteiger partial charge in [0.05, 0.1) is 6.61 Å². The number of hydrogen-bond acceptors (Lipinski definition) is 3. The summed E-state index contributed by atoms with van der Waals surface area (Å²) in [4.78, 5) is 11.8. The monoisotopic (exact) mass is 354 g/mol. The van der Waals surface area contributed by atoms with Gasteiger partial charge >= 0.3 is 0 Å². The second-order valence-corrected chi connectivity index (χ2v) is 6.34. The van der Waals surface area contributed by atoms with E-state index < -0.39 is 0 Å². The van der Waals surface area contributed by atoms with Crippen LogP contribution in [0.5, 0.6) is 5.75 Å². The molecule has 1 aromatic carbocycles. The van der Waals surface area contributed by atoms with Gasteiger partial charge in [0.2, 0.25) is 5.91 Å².